The summed E-state index contributed by atoms with van der Waals surface area (Å²) in [4.78, 5) is 11.9. The molecule has 3 heteroatoms. The highest BCUT2D eigenvalue weighted by molar-refractivity contribution is 7.07. The van der Waals surface area contributed by atoms with Crippen molar-refractivity contribution in [1.82, 2.24) is 0 Å². The quantitative estimate of drug-likeness (QED) is 0.766. The largest absolute Gasteiger partial charge is 0.367 e. The third-order valence-electron chi connectivity index (χ3n) is 2.75. The van der Waals surface area contributed by atoms with Gasteiger partial charge in [-0.3, -0.25) is 4.79 Å². The summed E-state index contributed by atoms with van der Waals surface area (Å²) < 4.78 is 5.50. The first-order valence-electron chi connectivity index (χ1n) is 4.89. The van der Waals surface area contributed by atoms with Crippen LogP contribution in [0.3, 0.4) is 0 Å². The first kappa shape index (κ1) is 9.87. The predicted molar refractivity (Wildman–Crippen MR) is 56.6 cm³/mol. The van der Waals surface area contributed by atoms with Crippen LogP contribution in [0.1, 0.15) is 25.3 Å². The second-order valence-corrected chi connectivity index (χ2v) is 4.69. The Balaban J connectivity index is 2.02. The Morgan fingerprint density at radius 3 is 3.14 bits per heavy atom. The summed E-state index contributed by atoms with van der Waals surface area (Å²) in [5, 5.41) is 4.02. The molecule has 1 aliphatic rings. The Bertz CT molecular complexity index is 310. The van der Waals surface area contributed by atoms with Crippen LogP contribution in [0.25, 0.3) is 0 Å². The van der Waals surface area contributed by atoms with Crippen LogP contribution in [-0.4, -0.2) is 18.0 Å². The third kappa shape index (κ3) is 1.88. The van der Waals surface area contributed by atoms with E-state index in [1.165, 1.54) is 0 Å². The van der Waals surface area contributed by atoms with E-state index in [9.17, 15) is 4.79 Å². The van der Waals surface area contributed by atoms with E-state index < -0.39 is 5.60 Å². The molecule has 0 aromatic carbocycles. The average Bonchev–Trinajstić information content (AvgIpc) is 2.76. The number of carbonyl (C=O) groups is 1. The lowest BCUT2D eigenvalue weighted by molar-refractivity contribution is -0.136. The van der Waals surface area contributed by atoms with Crippen LogP contribution >= 0.6 is 11.3 Å². The number of thiophene rings is 1. The lowest BCUT2D eigenvalue weighted by Crippen LogP contribution is -2.35. The highest BCUT2D eigenvalue weighted by Crippen LogP contribution is 2.27. The minimum atomic E-state index is -0.512. The maximum absolute atomic E-state index is 11.9. The normalized spacial score (nSPS) is 26.6. The summed E-state index contributed by atoms with van der Waals surface area (Å²) in [5.74, 6) is 0.216. The molecule has 2 heterocycles. The first-order valence-corrected chi connectivity index (χ1v) is 5.83. The molecular formula is C11H14O2S. The van der Waals surface area contributed by atoms with Crippen LogP contribution in [-0.2, 0) is 16.0 Å². The van der Waals surface area contributed by atoms with Crippen molar-refractivity contribution < 1.29 is 9.53 Å². The van der Waals surface area contributed by atoms with Crippen molar-refractivity contribution in [2.75, 3.05) is 6.61 Å². The molecule has 76 valence electrons. The molecule has 1 unspecified atom stereocenters. The molecule has 1 saturated heterocycles. The highest BCUT2D eigenvalue weighted by Gasteiger charge is 2.36. The van der Waals surface area contributed by atoms with Gasteiger partial charge in [0.1, 0.15) is 5.60 Å². The van der Waals surface area contributed by atoms with Crippen molar-refractivity contribution in [2.45, 2.75) is 31.8 Å². The minimum absolute atomic E-state index is 0.216. The van der Waals surface area contributed by atoms with Crippen molar-refractivity contribution in [1.29, 1.82) is 0 Å². The van der Waals surface area contributed by atoms with Crippen LogP contribution in [0.5, 0.6) is 0 Å². The molecule has 0 spiro atoms. The fourth-order valence-corrected chi connectivity index (χ4v) is 2.43. The van der Waals surface area contributed by atoms with Crippen LogP contribution in [0, 0.1) is 0 Å². The zero-order valence-electron chi connectivity index (χ0n) is 8.29. The van der Waals surface area contributed by atoms with Gasteiger partial charge in [-0.2, -0.15) is 11.3 Å². The van der Waals surface area contributed by atoms with Gasteiger partial charge in [-0.1, -0.05) is 0 Å². The molecule has 0 bridgehead atoms. The molecule has 1 atom stereocenters. The van der Waals surface area contributed by atoms with Gasteiger partial charge >= 0.3 is 0 Å². The summed E-state index contributed by atoms with van der Waals surface area (Å²) >= 11 is 1.63. The van der Waals surface area contributed by atoms with Gasteiger partial charge in [0.15, 0.2) is 5.78 Å². The Hall–Kier alpha value is -0.670. The fraction of sp³-hybridized carbons (Fsp3) is 0.545. The second-order valence-electron chi connectivity index (χ2n) is 3.91. The standard InChI is InChI=1S/C11H14O2S/c1-11(4-2-5-13-11)10(12)7-9-3-6-14-8-9/h3,6,8H,2,4-5,7H2,1H3. The summed E-state index contributed by atoms with van der Waals surface area (Å²) in [7, 11) is 0. The maximum Gasteiger partial charge on any atom is 0.168 e. The van der Waals surface area contributed by atoms with Gasteiger partial charge in [-0.15, -0.1) is 0 Å². The van der Waals surface area contributed by atoms with Gasteiger partial charge in [0.25, 0.3) is 0 Å². The summed E-state index contributed by atoms with van der Waals surface area (Å²) in [5.41, 5.74) is 0.596. The Labute approximate surface area is 87.9 Å². The number of hydrogen-bond acceptors (Lipinski definition) is 3. The van der Waals surface area contributed by atoms with E-state index >= 15 is 0 Å². The number of rotatable bonds is 3. The van der Waals surface area contributed by atoms with Crippen molar-refractivity contribution in [2.24, 2.45) is 0 Å². The first-order chi connectivity index (χ1) is 6.71. The van der Waals surface area contributed by atoms with Gasteiger partial charge in [-0.05, 0) is 42.2 Å². The minimum Gasteiger partial charge on any atom is -0.367 e. The Kier molecular flexibility index (Phi) is 2.70. The number of Topliss-reactive ketones (excluding diaryl/α,β-unsaturated/α-hetero) is 1. The molecule has 1 aromatic heterocycles. The van der Waals surface area contributed by atoms with Crippen LogP contribution in [0.4, 0.5) is 0 Å². The number of ether oxygens (including phenoxy) is 1. The lowest BCUT2D eigenvalue weighted by Gasteiger charge is -2.20. The smallest absolute Gasteiger partial charge is 0.168 e. The number of ketones is 1. The lowest BCUT2D eigenvalue weighted by atomic mass is 9.93. The van der Waals surface area contributed by atoms with Crippen molar-refractivity contribution >= 4 is 17.1 Å². The molecule has 1 aliphatic heterocycles. The Morgan fingerprint density at radius 1 is 1.71 bits per heavy atom. The van der Waals surface area contributed by atoms with Crippen molar-refractivity contribution in [3.05, 3.63) is 22.4 Å². The van der Waals surface area contributed by atoms with E-state index in [-0.39, 0.29) is 5.78 Å². The molecule has 2 nitrogen and oxygen atoms in total. The van der Waals surface area contributed by atoms with E-state index in [2.05, 4.69) is 0 Å². The summed E-state index contributed by atoms with van der Waals surface area (Å²) in [6.07, 6.45) is 2.39. The van der Waals surface area contributed by atoms with E-state index in [0.717, 1.165) is 25.0 Å². The summed E-state index contributed by atoms with van der Waals surface area (Å²) in [6, 6.07) is 2.00. The molecule has 1 aromatic rings. The molecular weight excluding hydrogens is 196 g/mol. The predicted octanol–water partition coefficient (Wildman–Crippen LogP) is 2.43. The van der Waals surface area contributed by atoms with Gasteiger partial charge in [0, 0.05) is 13.0 Å². The van der Waals surface area contributed by atoms with E-state index in [1.807, 2.05) is 23.8 Å². The van der Waals surface area contributed by atoms with Gasteiger partial charge in [0.05, 0.1) is 0 Å². The molecule has 0 aliphatic carbocycles. The van der Waals surface area contributed by atoms with Crippen molar-refractivity contribution in [3.8, 4) is 0 Å². The molecule has 0 amide bonds. The molecule has 0 N–H and O–H groups in total. The maximum atomic E-state index is 11.9. The Morgan fingerprint density at radius 2 is 2.57 bits per heavy atom. The van der Waals surface area contributed by atoms with Crippen molar-refractivity contribution in [3.63, 3.8) is 0 Å². The molecule has 0 saturated carbocycles. The monoisotopic (exact) mass is 210 g/mol. The molecule has 2 rings (SSSR count). The topological polar surface area (TPSA) is 26.3 Å². The third-order valence-corrected chi connectivity index (χ3v) is 3.49. The molecule has 14 heavy (non-hydrogen) atoms. The van der Waals surface area contributed by atoms with Gasteiger partial charge < -0.3 is 4.74 Å². The van der Waals surface area contributed by atoms with Crippen LogP contribution in [0.2, 0.25) is 0 Å². The zero-order valence-corrected chi connectivity index (χ0v) is 9.10. The van der Waals surface area contributed by atoms with E-state index in [0.29, 0.717) is 6.42 Å². The number of carbonyl (C=O) groups excluding carboxylic acids is 1. The zero-order chi connectivity index (χ0) is 10.0. The van der Waals surface area contributed by atoms with Crippen LogP contribution < -0.4 is 0 Å². The summed E-state index contributed by atoms with van der Waals surface area (Å²) in [6.45, 7) is 2.64. The number of hydrogen-bond donors (Lipinski definition) is 0. The van der Waals surface area contributed by atoms with E-state index in [1.54, 1.807) is 11.3 Å². The van der Waals surface area contributed by atoms with Crippen LogP contribution in [0.15, 0.2) is 16.8 Å². The fourth-order valence-electron chi connectivity index (χ4n) is 1.76. The molecule has 1 fully saturated rings. The van der Waals surface area contributed by atoms with Gasteiger partial charge in [0.2, 0.25) is 0 Å². The second kappa shape index (κ2) is 3.83. The molecule has 0 radical (unpaired) electrons. The SMILES string of the molecule is CC1(C(=O)Cc2ccsc2)CCCO1. The van der Waals surface area contributed by atoms with E-state index in [4.69, 9.17) is 4.74 Å². The van der Waals surface area contributed by atoms with Gasteiger partial charge in [-0.25, -0.2) is 0 Å². The highest BCUT2D eigenvalue weighted by atomic mass is 32.1. The average molecular weight is 210 g/mol.